The largest absolute Gasteiger partial charge is 0.339 e. The topological polar surface area (TPSA) is 40.6 Å². The lowest BCUT2D eigenvalue weighted by molar-refractivity contribution is -0.131. The summed E-state index contributed by atoms with van der Waals surface area (Å²) in [6.45, 7) is 1.65. The van der Waals surface area contributed by atoms with E-state index in [9.17, 15) is 14.0 Å². The SMILES string of the molecule is O=C(Cc1ccccc1)N1CCN(C(=O)c2cc(Cl)ccc2F)CC1. The smallest absolute Gasteiger partial charge is 0.257 e. The molecule has 1 aliphatic rings. The summed E-state index contributed by atoms with van der Waals surface area (Å²) < 4.78 is 13.9. The molecule has 0 bridgehead atoms. The van der Waals surface area contributed by atoms with Gasteiger partial charge in [-0.1, -0.05) is 41.9 Å². The van der Waals surface area contributed by atoms with Crippen molar-refractivity contribution in [1.82, 2.24) is 9.80 Å². The summed E-state index contributed by atoms with van der Waals surface area (Å²) in [6, 6.07) is 13.5. The van der Waals surface area contributed by atoms with Crippen molar-refractivity contribution in [1.29, 1.82) is 0 Å². The van der Waals surface area contributed by atoms with Crippen LogP contribution in [0.5, 0.6) is 0 Å². The standard InChI is InChI=1S/C19H18ClFN2O2/c20-15-6-7-17(21)16(13-15)19(25)23-10-8-22(9-11-23)18(24)12-14-4-2-1-3-5-14/h1-7,13H,8-12H2. The predicted molar refractivity (Wildman–Crippen MR) is 94.0 cm³/mol. The van der Waals surface area contributed by atoms with E-state index in [0.717, 1.165) is 5.56 Å². The van der Waals surface area contributed by atoms with Crippen molar-refractivity contribution < 1.29 is 14.0 Å². The predicted octanol–water partition coefficient (Wildman–Crippen LogP) is 3.01. The Hall–Kier alpha value is -2.40. The molecule has 1 aliphatic heterocycles. The zero-order valence-corrected chi connectivity index (χ0v) is 14.4. The third-order valence-electron chi connectivity index (χ3n) is 4.28. The molecule has 0 unspecified atom stereocenters. The maximum Gasteiger partial charge on any atom is 0.257 e. The molecule has 0 aliphatic carbocycles. The van der Waals surface area contributed by atoms with Crippen LogP contribution in [0, 0.1) is 5.82 Å². The molecule has 3 rings (SSSR count). The summed E-state index contributed by atoms with van der Waals surface area (Å²) in [7, 11) is 0. The van der Waals surface area contributed by atoms with Gasteiger partial charge in [0.2, 0.25) is 5.91 Å². The fourth-order valence-electron chi connectivity index (χ4n) is 2.87. The van der Waals surface area contributed by atoms with Gasteiger partial charge >= 0.3 is 0 Å². The van der Waals surface area contributed by atoms with E-state index in [-0.39, 0.29) is 11.5 Å². The summed E-state index contributed by atoms with van der Waals surface area (Å²) in [5.74, 6) is -0.945. The second-order valence-electron chi connectivity index (χ2n) is 5.96. The first-order valence-corrected chi connectivity index (χ1v) is 8.48. The zero-order valence-electron chi connectivity index (χ0n) is 13.6. The Balaban J connectivity index is 1.59. The molecule has 1 fully saturated rings. The highest BCUT2D eigenvalue weighted by atomic mass is 35.5. The zero-order chi connectivity index (χ0) is 17.8. The highest BCUT2D eigenvalue weighted by molar-refractivity contribution is 6.31. The van der Waals surface area contributed by atoms with E-state index in [1.54, 1.807) is 9.80 Å². The van der Waals surface area contributed by atoms with Crippen LogP contribution in [0.4, 0.5) is 4.39 Å². The van der Waals surface area contributed by atoms with Crippen molar-refractivity contribution >= 4 is 23.4 Å². The molecule has 0 spiro atoms. The van der Waals surface area contributed by atoms with Crippen LogP contribution < -0.4 is 0 Å². The van der Waals surface area contributed by atoms with Crippen molar-refractivity contribution in [3.8, 4) is 0 Å². The third-order valence-corrected chi connectivity index (χ3v) is 4.51. The molecule has 6 heteroatoms. The van der Waals surface area contributed by atoms with Crippen molar-refractivity contribution in [3.63, 3.8) is 0 Å². The normalized spacial score (nSPS) is 14.5. The molecule has 0 aromatic heterocycles. The van der Waals surface area contributed by atoms with Gasteiger partial charge in [0.15, 0.2) is 0 Å². The van der Waals surface area contributed by atoms with Crippen molar-refractivity contribution in [3.05, 3.63) is 70.5 Å². The second-order valence-corrected chi connectivity index (χ2v) is 6.40. The van der Waals surface area contributed by atoms with Crippen molar-refractivity contribution in [2.24, 2.45) is 0 Å². The van der Waals surface area contributed by atoms with Gasteiger partial charge in [-0.15, -0.1) is 0 Å². The average Bonchev–Trinajstić information content (AvgIpc) is 2.64. The number of rotatable bonds is 3. The summed E-state index contributed by atoms with van der Waals surface area (Å²) >= 11 is 5.85. The number of amides is 2. The number of piperazine rings is 1. The fourth-order valence-corrected chi connectivity index (χ4v) is 3.05. The van der Waals surface area contributed by atoms with E-state index >= 15 is 0 Å². The molecule has 2 aromatic rings. The van der Waals surface area contributed by atoms with Gasteiger partial charge in [0.25, 0.3) is 5.91 Å². The van der Waals surface area contributed by atoms with E-state index in [1.165, 1.54) is 18.2 Å². The molecule has 25 heavy (non-hydrogen) atoms. The van der Waals surface area contributed by atoms with E-state index < -0.39 is 11.7 Å². The Morgan fingerprint density at radius 2 is 1.60 bits per heavy atom. The minimum absolute atomic E-state index is 0.0310. The highest BCUT2D eigenvalue weighted by Gasteiger charge is 2.26. The van der Waals surface area contributed by atoms with E-state index in [2.05, 4.69) is 0 Å². The summed E-state index contributed by atoms with van der Waals surface area (Å²) in [5, 5.41) is 0.321. The number of benzene rings is 2. The first-order chi connectivity index (χ1) is 12.0. The lowest BCUT2D eigenvalue weighted by Gasteiger charge is -2.35. The third kappa shape index (κ3) is 4.17. The average molecular weight is 361 g/mol. The fraction of sp³-hybridized carbons (Fsp3) is 0.263. The van der Waals surface area contributed by atoms with Gasteiger partial charge in [-0.25, -0.2) is 4.39 Å². The van der Waals surface area contributed by atoms with Crippen molar-refractivity contribution in [2.75, 3.05) is 26.2 Å². The molecule has 2 amide bonds. The van der Waals surface area contributed by atoms with Gasteiger partial charge < -0.3 is 9.80 Å². The number of nitrogens with zero attached hydrogens (tertiary/aromatic N) is 2. The molecule has 1 saturated heterocycles. The first kappa shape index (κ1) is 17.4. The van der Waals surface area contributed by atoms with E-state index in [1.807, 2.05) is 30.3 Å². The van der Waals surface area contributed by atoms with Crippen LogP contribution in [0.1, 0.15) is 15.9 Å². The molecular weight excluding hydrogens is 343 g/mol. The Bertz CT molecular complexity index is 774. The van der Waals surface area contributed by atoms with Gasteiger partial charge in [-0.3, -0.25) is 9.59 Å². The minimum Gasteiger partial charge on any atom is -0.339 e. The van der Waals surface area contributed by atoms with Crippen LogP contribution in [0.15, 0.2) is 48.5 Å². The second kappa shape index (κ2) is 7.66. The van der Waals surface area contributed by atoms with E-state index in [4.69, 9.17) is 11.6 Å². The Labute approximate surface area is 150 Å². The summed E-state index contributed by atoms with van der Waals surface area (Å²) in [6.07, 6.45) is 0.345. The lowest BCUT2D eigenvalue weighted by atomic mass is 10.1. The first-order valence-electron chi connectivity index (χ1n) is 8.10. The summed E-state index contributed by atoms with van der Waals surface area (Å²) in [4.78, 5) is 28.1. The molecule has 1 heterocycles. The van der Waals surface area contributed by atoms with Gasteiger partial charge in [-0.05, 0) is 23.8 Å². The van der Waals surface area contributed by atoms with Crippen LogP contribution in [0.3, 0.4) is 0 Å². The molecule has 130 valence electrons. The molecule has 2 aromatic carbocycles. The van der Waals surface area contributed by atoms with Crippen LogP contribution in [-0.2, 0) is 11.2 Å². The lowest BCUT2D eigenvalue weighted by Crippen LogP contribution is -2.51. The summed E-state index contributed by atoms with van der Waals surface area (Å²) in [5.41, 5.74) is 0.934. The molecule has 0 radical (unpaired) electrons. The van der Waals surface area contributed by atoms with Crippen LogP contribution in [0.25, 0.3) is 0 Å². The minimum atomic E-state index is -0.586. The maximum absolute atomic E-state index is 13.9. The van der Waals surface area contributed by atoms with Gasteiger partial charge in [-0.2, -0.15) is 0 Å². The number of halogens is 2. The van der Waals surface area contributed by atoms with Crippen LogP contribution in [-0.4, -0.2) is 47.8 Å². The molecule has 0 N–H and O–H groups in total. The quantitative estimate of drug-likeness (QED) is 0.844. The van der Waals surface area contributed by atoms with Gasteiger partial charge in [0.1, 0.15) is 5.82 Å². The highest BCUT2D eigenvalue weighted by Crippen LogP contribution is 2.18. The Morgan fingerprint density at radius 3 is 2.28 bits per heavy atom. The Morgan fingerprint density at radius 1 is 0.960 bits per heavy atom. The molecule has 4 nitrogen and oxygen atoms in total. The number of carbonyl (C=O) groups is 2. The van der Waals surface area contributed by atoms with E-state index in [0.29, 0.717) is 37.6 Å². The number of carbonyl (C=O) groups excluding carboxylic acids is 2. The monoisotopic (exact) mass is 360 g/mol. The molecule has 0 saturated carbocycles. The van der Waals surface area contributed by atoms with Gasteiger partial charge in [0, 0.05) is 31.2 Å². The number of hydrogen-bond donors (Lipinski definition) is 0. The van der Waals surface area contributed by atoms with Gasteiger partial charge in [0.05, 0.1) is 12.0 Å². The number of hydrogen-bond acceptors (Lipinski definition) is 2. The molecule has 0 atom stereocenters. The molecular formula is C19H18ClFN2O2. The Kier molecular flexibility index (Phi) is 5.34. The van der Waals surface area contributed by atoms with Crippen LogP contribution in [0.2, 0.25) is 5.02 Å². The maximum atomic E-state index is 13.9. The van der Waals surface area contributed by atoms with Crippen molar-refractivity contribution in [2.45, 2.75) is 6.42 Å². The van der Waals surface area contributed by atoms with Crippen LogP contribution >= 0.6 is 11.6 Å².